The van der Waals surface area contributed by atoms with Crippen LogP contribution in [-0.2, 0) is 4.79 Å². The number of carbonyl (C=O) groups excluding carboxylic acids is 1. The first-order chi connectivity index (χ1) is 8.44. The molecule has 0 aliphatic carbocycles. The molecule has 0 spiro atoms. The normalized spacial score (nSPS) is 11.1. The quantitative estimate of drug-likeness (QED) is 0.711. The van der Waals surface area contributed by atoms with Gasteiger partial charge in [-0.05, 0) is 26.0 Å². The van der Waals surface area contributed by atoms with Gasteiger partial charge in [-0.15, -0.1) is 0 Å². The number of likely N-dealkylation sites (N-methyl/N-ethyl adjacent to an activating group) is 1. The molecule has 0 atom stereocenters. The number of thioether (sulfide) groups is 1. The highest BCUT2D eigenvalue weighted by atomic mass is 32.2. The minimum absolute atomic E-state index is 0.0400. The standard InChI is InChI=1S/C12H24N2O3S/c1-5-12(6-2,18-4)9-13-11(17)14(7-3)8-10(15)16/h5-9H2,1-4H3,(H,13,17)(H,15,16). The summed E-state index contributed by atoms with van der Waals surface area (Å²) in [5.74, 6) is -0.992. The molecule has 0 aliphatic rings. The zero-order valence-electron chi connectivity index (χ0n) is 11.7. The van der Waals surface area contributed by atoms with Crippen LogP contribution in [0.25, 0.3) is 0 Å². The van der Waals surface area contributed by atoms with E-state index in [-0.39, 0.29) is 17.3 Å². The third-order valence-corrected chi connectivity index (χ3v) is 4.87. The zero-order chi connectivity index (χ0) is 14.2. The number of urea groups is 1. The number of carbonyl (C=O) groups is 2. The van der Waals surface area contributed by atoms with Crippen molar-refractivity contribution in [2.75, 3.05) is 25.9 Å². The number of carboxylic acid groups (broad SMARTS) is 1. The largest absolute Gasteiger partial charge is 0.480 e. The number of nitrogens with one attached hydrogen (secondary N) is 1. The van der Waals surface area contributed by atoms with E-state index in [4.69, 9.17) is 5.11 Å². The molecule has 0 saturated heterocycles. The highest BCUT2D eigenvalue weighted by molar-refractivity contribution is 8.00. The smallest absolute Gasteiger partial charge is 0.323 e. The van der Waals surface area contributed by atoms with Gasteiger partial charge in [0.2, 0.25) is 0 Å². The predicted octanol–water partition coefficient (Wildman–Crippen LogP) is 2.02. The van der Waals surface area contributed by atoms with Crippen molar-refractivity contribution in [3.8, 4) is 0 Å². The minimum atomic E-state index is -0.992. The molecule has 0 aromatic carbocycles. The van der Waals surface area contributed by atoms with Crippen LogP contribution in [0.5, 0.6) is 0 Å². The summed E-state index contributed by atoms with van der Waals surface area (Å²) >= 11 is 1.74. The first-order valence-corrected chi connectivity index (χ1v) is 7.46. The Morgan fingerprint density at radius 3 is 2.17 bits per heavy atom. The highest BCUT2D eigenvalue weighted by Gasteiger charge is 2.26. The second-order valence-corrected chi connectivity index (χ2v) is 5.44. The van der Waals surface area contributed by atoms with Crippen molar-refractivity contribution in [3.63, 3.8) is 0 Å². The van der Waals surface area contributed by atoms with Gasteiger partial charge in [0.25, 0.3) is 0 Å². The van der Waals surface area contributed by atoms with Crippen LogP contribution in [0.1, 0.15) is 33.6 Å². The Hall–Kier alpha value is -0.910. The van der Waals surface area contributed by atoms with Crippen LogP contribution in [0, 0.1) is 0 Å². The Morgan fingerprint density at radius 2 is 1.83 bits per heavy atom. The topological polar surface area (TPSA) is 69.6 Å². The maximum atomic E-state index is 11.8. The zero-order valence-corrected chi connectivity index (χ0v) is 12.5. The first kappa shape index (κ1) is 17.1. The van der Waals surface area contributed by atoms with Crippen molar-refractivity contribution in [2.24, 2.45) is 0 Å². The molecule has 0 radical (unpaired) electrons. The molecule has 0 rings (SSSR count). The second kappa shape index (κ2) is 8.24. The molecule has 0 aliphatic heterocycles. The van der Waals surface area contributed by atoms with E-state index in [0.29, 0.717) is 13.1 Å². The van der Waals surface area contributed by atoms with Gasteiger partial charge < -0.3 is 15.3 Å². The van der Waals surface area contributed by atoms with Gasteiger partial charge in [0.1, 0.15) is 6.54 Å². The molecule has 0 unspecified atom stereocenters. The van der Waals surface area contributed by atoms with Crippen molar-refractivity contribution in [1.82, 2.24) is 10.2 Å². The van der Waals surface area contributed by atoms with Crippen LogP contribution >= 0.6 is 11.8 Å². The maximum Gasteiger partial charge on any atom is 0.323 e. The first-order valence-electron chi connectivity index (χ1n) is 6.24. The van der Waals surface area contributed by atoms with Gasteiger partial charge in [-0.1, -0.05) is 13.8 Å². The van der Waals surface area contributed by atoms with Crippen molar-refractivity contribution in [1.29, 1.82) is 0 Å². The summed E-state index contributed by atoms with van der Waals surface area (Å²) in [6.07, 6.45) is 3.97. The summed E-state index contributed by atoms with van der Waals surface area (Å²) in [5.41, 5.74) is 0. The Bertz CT molecular complexity index is 272. The lowest BCUT2D eigenvalue weighted by atomic mass is 10.0. The van der Waals surface area contributed by atoms with Crippen LogP contribution in [0.3, 0.4) is 0 Å². The van der Waals surface area contributed by atoms with Crippen molar-refractivity contribution >= 4 is 23.8 Å². The maximum absolute atomic E-state index is 11.8. The van der Waals surface area contributed by atoms with Crippen LogP contribution < -0.4 is 5.32 Å². The van der Waals surface area contributed by atoms with E-state index >= 15 is 0 Å². The fourth-order valence-corrected chi connectivity index (χ4v) is 2.49. The molecule has 0 fully saturated rings. The van der Waals surface area contributed by atoms with E-state index in [2.05, 4.69) is 19.2 Å². The molecule has 18 heavy (non-hydrogen) atoms. The third kappa shape index (κ3) is 5.16. The number of hydrogen-bond acceptors (Lipinski definition) is 3. The van der Waals surface area contributed by atoms with Gasteiger partial charge >= 0.3 is 12.0 Å². The Balaban J connectivity index is 4.41. The molecule has 0 aromatic rings. The van der Waals surface area contributed by atoms with Crippen LogP contribution in [0.4, 0.5) is 4.79 Å². The Kier molecular flexibility index (Phi) is 7.82. The fourth-order valence-electron chi connectivity index (χ4n) is 1.70. The number of carboxylic acids is 1. The SMILES string of the molecule is CCN(CC(=O)O)C(=O)NCC(CC)(CC)SC. The van der Waals surface area contributed by atoms with Crippen LogP contribution in [0.15, 0.2) is 0 Å². The average molecular weight is 276 g/mol. The number of rotatable bonds is 8. The van der Waals surface area contributed by atoms with Crippen molar-refractivity contribution < 1.29 is 14.7 Å². The summed E-state index contributed by atoms with van der Waals surface area (Å²) in [7, 11) is 0. The predicted molar refractivity (Wildman–Crippen MR) is 75.1 cm³/mol. The van der Waals surface area contributed by atoms with Gasteiger partial charge in [-0.2, -0.15) is 11.8 Å². The molecule has 0 saturated carbocycles. The molecular formula is C12H24N2O3S. The summed E-state index contributed by atoms with van der Waals surface area (Å²) in [4.78, 5) is 23.8. The number of hydrogen-bond donors (Lipinski definition) is 2. The molecule has 0 bridgehead atoms. The van der Waals surface area contributed by atoms with E-state index in [1.54, 1.807) is 18.7 Å². The van der Waals surface area contributed by atoms with Gasteiger partial charge in [-0.3, -0.25) is 4.79 Å². The third-order valence-electron chi connectivity index (χ3n) is 3.28. The molecule has 0 heterocycles. The fraction of sp³-hybridized carbons (Fsp3) is 0.833. The lowest BCUT2D eigenvalue weighted by Gasteiger charge is -2.31. The summed E-state index contributed by atoms with van der Waals surface area (Å²) in [6, 6.07) is -0.305. The van der Waals surface area contributed by atoms with Crippen LogP contribution in [0.2, 0.25) is 0 Å². The molecule has 2 N–H and O–H groups in total. The van der Waals surface area contributed by atoms with Gasteiger partial charge in [0.15, 0.2) is 0 Å². The Labute approximate surface area is 113 Å². The molecule has 5 nitrogen and oxygen atoms in total. The minimum Gasteiger partial charge on any atom is -0.480 e. The highest BCUT2D eigenvalue weighted by Crippen LogP contribution is 2.29. The lowest BCUT2D eigenvalue weighted by molar-refractivity contribution is -0.137. The van der Waals surface area contributed by atoms with E-state index in [1.165, 1.54) is 4.90 Å². The van der Waals surface area contributed by atoms with Crippen molar-refractivity contribution in [3.05, 3.63) is 0 Å². The number of aliphatic carboxylic acids is 1. The van der Waals surface area contributed by atoms with E-state index in [1.807, 2.05) is 6.26 Å². The molecule has 0 aromatic heterocycles. The summed E-state index contributed by atoms with van der Waals surface area (Å²) in [6.45, 7) is 6.66. The molecular weight excluding hydrogens is 252 g/mol. The summed E-state index contributed by atoms with van der Waals surface area (Å²) in [5, 5.41) is 11.5. The monoisotopic (exact) mass is 276 g/mol. The van der Waals surface area contributed by atoms with E-state index in [9.17, 15) is 9.59 Å². The Morgan fingerprint density at radius 1 is 1.28 bits per heavy atom. The van der Waals surface area contributed by atoms with E-state index < -0.39 is 5.97 Å². The lowest BCUT2D eigenvalue weighted by Crippen LogP contribution is -2.47. The summed E-state index contributed by atoms with van der Waals surface area (Å²) < 4.78 is 0.0400. The van der Waals surface area contributed by atoms with Crippen molar-refractivity contribution in [2.45, 2.75) is 38.4 Å². The average Bonchev–Trinajstić information content (AvgIpc) is 2.37. The second-order valence-electron chi connectivity index (χ2n) is 4.16. The van der Waals surface area contributed by atoms with Gasteiger partial charge in [0.05, 0.1) is 0 Å². The van der Waals surface area contributed by atoms with Gasteiger partial charge in [-0.25, -0.2) is 4.79 Å². The number of nitrogens with zero attached hydrogens (tertiary/aromatic N) is 1. The molecule has 6 heteroatoms. The molecule has 2 amide bonds. The van der Waals surface area contributed by atoms with Crippen LogP contribution in [-0.4, -0.2) is 52.6 Å². The van der Waals surface area contributed by atoms with Gasteiger partial charge in [0, 0.05) is 17.8 Å². The van der Waals surface area contributed by atoms with E-state index in [0.717, 1.165) is 12.8 Å². The molecule has 106 valence electrons. The number of amides is 2.